The van der Waals surface area contributed by atoms with Gasteiger partial charge in [0, 0.05) is 30.2 Å². The molecule has 0 radical (unpaired) electrons. The van der Waals surface area contributed by atoms with Crippen LogP contribution < -0.4 is 5.32 Å². The van der Waals surface area contributed by atoms with Gasteiger partial charge in [-0.15, -0.1) is 22.0 Å². The third-order valence-electron chi connectivity index (χ3n) is 4.69. The molecule has 2 aliphatic heterocycles. The van der Waals surface area contributed by atoms with Crippen LogP contribution in [0.3, 0.4) is 0 Å². The highest BCUT2D eigenvalue weighted by molar-refractivity contribution is 8.01. The largest absolute Gasteiger partial charge is 0.477 e. The number of carboxylic acids is 1. The Balaban J connectivity index is 1.43. The van der Waals surface area contributed by atoms with Crippen molar-refractivity contribution in [3.05, 3.63) is 28.7 Å². The molecular formula is C17H18N6O5S4. The fourth-order valence-corrected chi connectivity index (χ4v) is 7.29. The van der Waals surface area contributed by atoms with E-state index in [1.165, 1.54) is 63.0 Å². The summed E-state index contributed by atoms with van der Waals surface area (Å²) in [6.07, 6.45) is 4.45. The number of thioether (sulfide) groups is 2. The van der Waals surface area contributed by atoms with Gasteiger partial charge >= 0.3 is 5.97 Å². The molecular weight excluding hydrogens is 496 g/mol. The first-order valence-corrected chi connectivity index (χ1v) is 13.6. The van der Waals surface area contributed by atoms with Crippen LogP contribution in [-0.4, -0.2) is 80.9 Å². The minimum absolute atomic E-state index is 0.0312. The molecule has 0 saturated carbocycles. The van der Waals surface area contributed by atoms with E-state index in [1.54, 1.807) is 0 Å². The van der Waals surface area contributed by atoms with Gasteiger partial charge in [0.1, 0.15) is 28.7 Å². The zero-order valence-electron chi connectivity index (χ0n) is 16.9. The molecule has 0 aromatic carbocycles. The smallest absolute Gasteiger partial charge is 0.352 e. The van der Waals surface area contributed by atoms with Crippen molar-refractivity contribution in [2.24, 2.45) is 0 Å². The number of aromatic nitrogens is 4. The number of amides is 2. The standard InChI is InChI=1S/C17H18N6O5S4/c1-8-20-21-17(31-8)30-7-9-6-29-14-11(13(25)23(14)12(9)15(26)27)19-10(24)5-22-4-3-18-16(22)32(2)28/h3-4,11,14H,5-7H2,1-2H3,(H,19,24)(H,26,27). The summed E-state index contributed by atoms with van der Waals surface area (Å²) in [5.41, 5.74) is 0.597. The number of nitrogens with one attached hydrogen (secondary N) is 1. The summed E-state index contributed by atoms with van der Waals surface area (Å²) in [6, 6.07) is -0.819. The lowest BCUT2D eigenvalue weighted by atomic mass is 10.0. The van der Waals surface area contributed by atoms with Crippen molar-refractivity contribution in [1.29, 1.82) is 0 Å². The van der Waals surface area contributed by atoms with Crippen molar-refractivity contribution in [2.75, 3.05) is 17.8 Å². The number of rotatable bonds is 8. The lowest BCUT2D eigenvalue weighted by molar-refractivity contribution is -0.150. The first-order valence-electron chi connectivity index (χ1n) is 9.23. The van der Waals surface area contributed by atoms with Crippen molar-refractivity contribution in [1.82, 2.24) is 30.0 Å². The Morgan fingerprint density at radius 1 is 1.41 bits per heavy atom. The van der Waals surface area contributed by atoms with E-state index in [0.29, 0.717) is 17.1 Å². The highest BCUT2D eigenvalue weighted by Gasteiger charge is 2.54. The topological polar surface area (TPSA) is 147 Å². The number of aliphatic carboxylic acids is 1. The van der Waals surface area contributed by atoms with Crippen molar-refractivity contribution < 1.29 is 23.7 Å². The van der Waals surface area contributed by atoms with Crippen LogP contribution in [0.1, 0.15) is 5.01 Å². The number of carboxylic acid groups (broad SMARTS) is 1. The number of nitrogens with zero attached hydrogens (tertiary/aromatic N) is 5. The maximum atomic E-state index is 12.8. The Bertz CT molecular complexity index is 1140. The second-order valence-corrected chi connectivity index (χ2v) is 11.7. The molecule has 2 aromatic heterocycles. The van der Waals surface area contributed by atoms with Crippen LogP contribution in [0.4, 0.5) is 0 Å². The van der Waals surface area contributed by atoms with Gasteiger partial charge in [-0.3, -0.25) is 18.7 Å². The number of imidazole rings is 1. The van der Waals surface area contributed by atoms with Gasteiger partial charge in [-0.2, -0.15) is 0 Å². The zero-order valence-corrected chi connectivity index (χ0v) is 20.1. The zero-order chi connectivity index (χ0) is 23.0. The van der Waals surface area contributed by atoms with Gasteiger partial charge in [0.15, 0.2) is 9.50 Å². The minimum Gasteiger partial charge on any atom is -0.477 e. The van der Waals surface area contributed by atoms with Crippen molar-refractivity contribution in [2.45, 2.75) is 34.4 Å². The SMILES string of the molecule is Cc1nnc(SCC2=C(C(=O)O)N3C(=O)C(NC(=O)Cn4ccnc4S(C)=O)C3SC2)s1. The molecule has 2 N–H and O–H groups in total. The summed E-state index contributed by atoms with van der Waals surface area (Å²) in [5, 5.41) is 21.0. The Morgan fingerprint density at radius 3 is 2.84 bits per heavy atom. The van der Waals surface area contributed by atoms with Crippen LogP contribution in [0.25, 0.3) is 0 Å². The molecule has 0 bridgehead atoms. The second kappa shape index (κ2) is 9.33. The van der Waals surface area contributed by atoms with E-state index in [0.717, 1.165) is 9.35 Å². The maximum absolute atomic E-state index is 12.8. The molecule has 1 saturated heterocycles. The number of hydrogen-bond acceptors (Lipinski definition) is 10. The van der Waals surface area contributed by atoms with Gasteiger partial charge in [0.25, 0.3) is 5.91 Å². The van der Waals surface area contributed by atoms with Crippen molar-refractivity contribution >= 4 is 63.4 Å². The molecule has 4 rings (SSSR count). The van der Waals surface area contributed by atoms with E-state index in [9.17, 15) is 23.7 Å². The highest BCUT2D eigenvalue weighted by Crippen LogP contribution is 2.41. The number of carbonyl (C=O) groups excluding carboxylic acids is 2. The molecule has 0 spiro atoms. The summed E-state index contributed by atoms with van der Waals surface area (Å²) < 4.78 is 13.9. The Hall–Kier alpha value is -2.23. The molecule has 0 aliphatic carbocycles. The predicted molar refractivity (Wildman–Crippen MR) is 120 cm³/mol. The van der Waals surface area contributed by atoms with Crippen LogP contribution in [0.5, 0.6) is 0 Å². The average Bonchev–Trinajstić information content (AvgIpc) is 3.38. The lowest BCUT2D eigenvalue weighted by Crippen LogP contribution is -2.70. The third kappa shape index (κ3) is 4.46. The summed E-state index contributed by atoms with van der Waals surface area (Å²) in [4.78, 5) is 42.4. The summed E-state index contributed by atoms with van der Waals surface area (Å²) in [6.45, 7) is 1.70. The van der Waals surface area contributed by atoms with E-state index in [2.05, 4.69) is 20.5 Å². The molecule has 3 unspecified atom stereocenters. The maximum Gasteiger partial charge on any atom is 0.352 e. The Labute approximate surface area is 197 Å². The molecule has 2 aromatic rings. The molecule has 11 nitrogen and oxygen atoms in total. The van der Waals surface area contributed by atoms with E-state index < -0.39 is 40.0 Å². The van der Waals surface area contributed by atoms with Crippen LogP contribution >= 0.6 is 34.9 Å². The number of aryl methyl sites for hydroxylation is 1. The normalized spacial score (nSPS) is 21.2. The van der Waals surface area contributed by atoms with Gasteiger partial charge in [0.2, 0.25) is 5.91 Å². The van der Waals surface area contributed by atoms with Crippen LogP contribution in [0, 0.1) is 6.92 Å². The minimum atomic E-state index is -1.36. The van der Waals surface area contributed by atoms with Gasteiger partial charge in [0.05, 0.1) is 10.8 Å². The first kappa shape index (κ1) is 22.9. The molecule has 170 valence electrons. The number of hydrogen-bond donors (Lipinski definition) is 2. The van der Waals surface area contributed by atoms with E-state index in [1.807, 2.05) is 6.92 Å². The third-order valence-corrected chi connectivity index (χ3v) is 8.94. The summed E-state index contributed by atoms with van der Waals surface area (Å²) in [5.74, 6) is -1.28. The average molecular weight is 515 g/mol. The van der Waals surface area contributed by atoms with Crippen molar-refractivity contribution in [3.8, 4) is 0 Å². The molecule has 1 fully saturated rings. The fourth-order valence-electron chi connectivity index (χ4n) is 3.33. The van der Waals surface area contributed by atoms with Crippen LogP contribution in [0.15, 0.2) is 33.2 Å². The second-order valence-electron chi connectivity index (χ2n) is 6.88. The van der Waals surface area contributed by atoms with Gasteiger partial charge < -0.3 is 15.0 Å². The van der Waals surface area contributed by atoms with Crippen LogP contribution in [-0.2, 0) is 31.7 Å². The monoisotopic (exact) mass is 514 g/mol. The van der Waals surface area contributed by atoms with E-state index in [-0.39, 0.29) is 17.4 Å². The molecule has 4 heterocycles. The number of carbonyl (C=O) groups is 3. The first-order chi connectivity index (χ1) is 15.3. The lowest BCUT2D eigenvalue weighted by Gasteiger charge is -2.49. The summed E-state index contributed by atoms with van der Waals surface area (Å²) >= 11 is 4.21. The number of fused-ring (bicyclic) bond motifs is 1. The molecule has 2 amide bonds. The van der Waals surface area contributed by atoms with Crippen LogP contribution in [0.2, 0.25) is 0 Å². The van der Waals surface area contributed by atoms with Gasteiger partial charge in [-0.1, -0.05) is 23.1 Å². The number of β-lactam (4-membered cyclic amide) rings is 1. The Morgan fingerprint density at radius 2 is 2.19 bits per heavy atom. The van der Waals surface area contributed by atoms with E-state index >= 15 is 0 Å². The summed E-state index contributed by atoms with van der Waals surface area (Å²) in [7, 11) is -1.36. The predicted octanol–water partition coefficient (Wildman–Crippen LogP) is 0.311. The molecule has 32 heavy (non-hydrogen) atoms. The molecule has 15 heteroatoms. The quantitative estimate of drug-likeness (QED) is 0.372. The van der Waals surface area contributed by atoms with E-state index in [4.69, 9.17) is 0 Å². The van der Waals surface area contributed by atoms with Crippen molar-refractivity contribution in [3.63, 3.8) is 0 Å². The van der Waals surface area contributed by atoms with Gasteiger partial charge in [-0.05, 0) is 12.5 Å². The Kier molecular flexibility index (Phi) is 6.69. The van der Waals surface area contributed by atoms with Gasteiger partial charge in [-0.25, -0.2) is 9.78 Å². The molecule has 3 atom stereocenters. The highest BCUT2D eigenvalue weighted by atomic mass is 32.2. The fraction of sp³-hybridized carbons (Fsp3) is 0.412. The molecule has 2 aliphatic rings.